The van der Waals surface area contributed by atoms with Crippen LogP contribution in [0.5, 0.6) is 0 Å². The maximum absolute atomic E-state index is 10.9. The van der Waals surface area contributed by atoms with Gasteiger partial charge in [-0.1, -0.05) is 28.9 Å². The summed E-state index contributed by atoms with van der Waals surface area (Å²) in [5.74, 6) is -1.03. The molecule has 0 bridgehead atoms. The molecule has 0 aliphatic heterocycles. The molecule has 82 valence electrons. The predicted molar refractivity (Wildman–Crippen MR) is 61.5 cm³/mol. The van der Waals surface area contributed by atoms with Gasteiger partial charge in [0.05, 0.1) is 5.56 Å². The van der Waals surface area contributed by atoms with Crippen LogP contribution in [0, 0.1) is 0 Å². The van der Waals surface area contributed by atoms with E-state index in [-0.39, 0.29) is 12.1 Å². The van der Waals surface area contributed by atoms with Crippen LogP contribution in [0.1, 0.15) is 15.9 Å². The minimum Gasteiger partial charge on any atom is -0.478 e. The summed E-state index contributed by atoms with van der Waals surface area (Å²) >= 11 is 5.75. The van der Waals surface area contributed by atoms with Gasteiger partial charge in [0.25, 0.3) is 0 Å². The largest absolute Gasteiger partial charge is 0.478 e. The van der Waals surface area contributed by atoms with E-state index in [1.165, 1.54) is 18.2 Å². The first-order valence-corrected chi connectivity index (χ1v) is 4.73. The lowest BCUT2D eigenvalue weighted by Crippen LogP contribution is -1.99. The molecule has 0 heterocycles. The topological polar surface area (TPSA) is 86.1 Å². The SMILES string of the molecule is [N-]=[N+]=NCC=Cc1cc(Cl)ccc1C(=O)O. The number of carbonyl (C=O) groups is 1. The lowest BCUT2D eigenvalue weighted by atomic mass is 10.1. The maximum atomic E-state index is 10.9. The van der Waals surface area contributed by atoms with E-state index >= 15 is 0 Å². The number of benzene rings is 1. The Bertz CT molecular complexity index is 479. The fourth-order valence-corrected chi connectivity index (χ4v) is 1.31. The van der Waals surface area contributed by atoms with Gasteiger partial charge < -0.3 is 5.11 Å². The van der Waals surface area contributed by atoms with Crippen molar-refractivity contribution in [2.24, 2.45) is 5.11 Å². The second-order valence-electron chi connectivity index (χ2n) is 2.85. The van der Waals surface area contributed by atoms with Gasteiger partial charge in [0, 0.05) is 16.5 Å². The number of carboxylic acids is 1. The van der Waals surface area contributed by atoms with Crippen molar-refractivity contribution in [3.05, 3.63) is 50.9 Å². The first-order valence-electron chi connectivity index (χ1n) is 4.35. The van der Waals surface area contributed by atoms with E-state index in [9.17, 15) is 4.79 Å². The number of rotatable bonds is 4. The lowest BCUT2D eigenvalue weighted by molar-refractivity contribution is 0.0696. The summed E-state index contributed by atoms with van der Waals surface area (Å²) in [5, 5.41) is 12.6. The van der Waals surface area contributed by atoms with Gasteiger partial charge in [0.1, 0.15) is 0 Å². The molecule has 1 rings (SSSR count). The first kappa shape index (κ1) is 12.1. The van der Waals surface area contributed by atoms with E-state index in [1.807, 2.05) is 0 Å². The molecule has 0 saturated carbocycles. The van der Waals surface area contributed by atoms with Crippen LogP contribution < -0.4 is 0 Å². The van der Waals surface area contributed by atoms with Crippen molar-refractivity contribution in [1.82, 2.24) is 0 Å². The minimum atomic E-state index is -1.03. The average molecular weight is 238 g/mol. The summed E-state index contributed by atoms with van der Waals surface area (Å²) in [5.41, 5.74) is 8.69. The van der Waals surface area contributed by atoms with Crippen molar-refractivity contribution in [3.8, 4) is 0 Å². The Morgan fingerprint density at radius 1 is 1.62 bits per heavy atom. The summed E-state index contributed by atoms with van der Waals surface area (Å²) in [7, 11) is 0. The van der Waals surface area contributed by atoms with Crippen molar-refractivity contribution in [2.75, 3.05) is 6.54 Å². The van der Waals surface area contributed by atoms with Crippen LogP contribution in [0.25, 0.3) is 16.5 Å². The number of azide groups is 1. The molecule has 0 aliphatic rings. The van der Waals surface area contributed by atoms with E-state index < -0.39 is 5.97 Å². The van der Waals surface area contributed by atoms with Crippen LogP contribution in [0.3, 0.4) is 0 Å². The molecule has 0 amide bonds. The fraction of sp³-hybridized carbons (Fsp3) is 0.100. The van der Waals surface area contributed by atoms with E-state index in [0.29, 0.717) is 10.6 Å². The minimum absolute atomic E-state index is 0.154. The summed E-state index contributed by atoms with van der Waals surface area (Å²) in [6.45, 7) is 0.169. The highest BCUT2D eigenvalue weighted by Crippen LogP contribution is 2.17. The molecule has 1 aromatic rings. The fourth-order valence-electron chi connectivity index (χ4n) is 1.13. The third kappa shape index (κ3) is 3.31. The van der Waals surface area contributed by atoms with Crippen molar-refractivity contribution >= 4 is 23.6 Å². The Kier molecular flexibility index (Phi) is 4.39. The molecule has 0 aromatic heterocycles. The second-order valence-corrected chi connectivity index (χ2v) is 3.29. The molecular weight excluding hydrogens is 230 g/mol. The summed E-state index contributed by atoms with van der Waals surface area (Å²) in [6, 6.07) is 4.48. The highest BCUT2D eigenvalue weighted by molar-refractivity contribution is 6.30. The third-order valence-corrected chi connectivity index (χ3v) is 2.03. The molecule has 0 saturated heterocycles. The van der Waals surface area contributed by atoms with E-state index in [2.05, 4.69) is 10.0 Å². The number of nitrogens with zero attached hydrogens (tertiary/aromatic N) is 3. The molecule has 1 aromatic carbocycles. The Hall–Kier alpha value is -1.97. The van der Waals surface area contributed by atoms with Gasteiger partial charge in [-0.2, -0.15) is 0 Å². The number of aromatic carboxylic acids is 1. The van der Waals surface area contributed by atoms with Gasteiger partial charge in [-0.05, 0) is 29.3 Å². The Balaban J connectivity index is 3.00. The molecule has 0 radical (unpaired) electrons. The number of halogens is 1. The van der Waals surface area contributed by atoms with Crippen LogP contribution in [0.15, 0.2) is 29.4 Å². The molecular formula is C10H8ClN3O2. The predicted octanol–water partition coefficient (Wildman–Crippen LogP) is 3.36. The monoisotopic (exact) mass is 237 g/mol. The summed E-state index contributed by atoms with van der Waals surface area (Å²) in [4.78, 5) is 13.4. The molecule has 1 N–H and O–H groups in total. The van der Waals surface area contributed by atoms with Gasteiger partial charge >= 0.3 is 5.97 Å². The van der Waals surface area contributed by atoms with Crippen LogP contribution in [-0.2, 0) is 0 Å². The number of carboxylic acid groups (broad SMARTS) is 1. The van der Waals surface area contributed by atoms with Crippen molar-refractivity contribution < 1.29 is 9.90 Å². The Labute approximate surface area is 96.6 Å². The highest BCUT2D eigenvalue weighted by atomic mass is 35.5. The second kappa shape index (κ2) is 5.80. The van der Waals surface area contributed by atoms with Gasteiger partial charge in [-0.15, -0.1) is 0 Å². The lowest BCUT2D eigenvalue weighted by Gasteiger charge is -2.01. The molecule has 0 atom stereocenters. The number of hydrogen-bond donors (Lipinski definition) is 1. The van der Waals surface area contributed by atoms with E-state index in [1.54, 1.807) is 12.2 Å². The third-order valence-electron chi connectivity index (χ3n) is 1.79. The van der Waals surface area contributed by atoms with Gasteiger partial charge in [0.2, 0.25) is 0 Å². The normalized spacial score (nSPS) is 10.1. The first-order chi connectivity index (χ1) is 7.65. The highest BCUT2D eigenvalue weighted by Gasteiger charge is 2.07. The molecule has 0 spiro atoms. The van der Waals surface area contributed by atoms with Gasteiger partial charge in [-0.3, -0.25) is 0 Å². The van der Waals surface area contributed by atoms with E-state index in [0.717, 1.165) is 0 Å². The standard InChI is InChI=1S/C10H8ClN3O2/c11-8-3-4-9(10(15)16)7(6-8)2-1-5-13-14-12/h1-4,6H,5H2,(H,15,16). The van der Waals surface area contributed by atoms with Crippen molar-refractivity contribution in [3.63, 3.8) is 0 Å². The van der Waals surface area contributed by atoms with Crippen LogP contribution in [-0.4, -0.2) is 17.6 Å². The molecule has 0 unspecified atom stereocenters. The molecule has 16 heavy (non-hydrogen) atoms. The Morgan fingerprint density at radius 3 is 3.00 bits per heavy atom. The van der Waals surface area contributed by atoms with Crippen molar-refractivity contribution in [2.45, 2.75) is 0 Å². The van der Waals surface area contributed by atoms with Crippen LogP contribution in [0.2, 0.25) is 5.02 Å². The van der Waals surface area contributed by atoms with Crippen molar-refractivity contribution in [1.29, 1.82) is 0 Å². The average Bonchev–Trinajstić information content (AvgIpc) is 2.24. The smallest absolute Gasteiger partial charge is 0.336 e. The Morgan fingerprint density at radius 2 is 2.38 bits per heavy atom. The molecule has 5 nitrogen and oxygen atoms in total. The van der Waals surface area contributed by atoms with Gasteiger partial charge in [-0.25, -0.2) is 4.79 Å². The molecule has 0 fully saturated rings. The quantitative estimate of drug-likeness (QED) is 0.494. The maximum Gasteiger partial charge on any atom is 0.336 e. The zero-order valence-electron chi connectivity index (χ0n) is 8.17. The number of hydrogen-bond acceptors (Lipinski definition) is 2. The summed E-state index contributed by atoms with van der Waals surface area (Å²) in [6.07, 6.45) is 3.13. The van der Waals surface area contributed by atoms with Gasteiger partial charge in [0.15, 0.2) is 0 Å². The van der Waals surface area contributed by atoms with Crippen LogP contribution >= 0.6 is 11.6 Å². The molecule has 6 heteroatoms. The van der Waals surface area contributed by atoms with Crippen LogP contribution in [0.4, 0.5) is 0 Å². The zero-order chi connectivity index (χ0) is 12.0. The van der Waals surface area contributed by atoms with E-state index in [4.69, 9.17) is 22.2 Å². The zero-order valence-corrected chi connectivity index (χ0v) is 8.92. The molecule has 0 aliphatic carbocycles. The summed E-state index contributed by atoms with van der Waals surface area (Å²) < 4.78 is 0.